The SMILES string of the molecule is Cc1oc(-c2ccccc2)nc1CN1C(=O)C2CCCCN2C1=O. The molecule has 4 rings (SSSR count). The number of aromatic nitrogens is 1. The zero-order valence-electron chi connectivity index (χ0n) is 13.6. The molecule has 0 saturated carbocycles. The van der Waals surface area contributed by atoms with Crippen LogP contribution in [0.5, 0.6) is 0 Å². The molecule has 0 N–H and O–H groups in total. The monoisotopic (exact) mass is 325 g/mol. The van der Waals surface area contributed by atoms with Crippen molar-refractivity contribution in [3.63, 3.8) is 0 Å². The van der Waals surface area contributed by atoms with Crippen LogP contribution in [0.25, 0.3) is 11.5 Å². The molecule has 2 aromatic rings. The van der Waals surface area contributed by atoms with Gasteiger partial charge in [0, 0.05) is 12.1 Å². The molecule has 6 nitrogen and oxygen atoms in total. The van der Waals surface area contributed by atoms with Crippen LogP contribution in [-0.4, -0.2) is 39.3 Å². The molecule has 124 valence electrons. The Hall–Kier alpha value is -2.63. The number of urea groups is 1. The molecule has 1 atom stereocenters. The van der Waals surface area contributed by atoms with Gasteiger partial charge in [-0.1, -0.05) is 18.2 Å². The molecule has 2 fully saturated rings. The van der Waals surface area contributed by atoms with E-state index in [9.17, 15) is 9.59 Å². The van der Waals surface area contributed by atoms with Gasteiger partial charge in [0.15, 0.2) is 0 Å². The van der Waals surface area contributed by atoms with Gasteiger partial charge in [0.2, 0.25) is 5.89 Å². The molecule has 2 saturated heterocycles. The molecule has 0 spiro atoms. The maximum Gasteiger partial charge on any atom is 0.327 e. The summed E-state index contributed by atoms with van der Waals surface area (Å²) < 4.78 is 5.73. The Morgan fingerprint density at radius 2 is 2.00 bits per heavy atom. The number of piperidine rings is 1. The van der Waals surface area contributed by atoms with Crippen LogP contribution in [0.3, 0.4) is 0 Å². The quantitative estimate of drug-likeness (QED) is 0.814. The fourth-order valence-corrected chi connectivity index (χ4v) is 3.42. The summed E-state index contributed by atoms with van der Waals surface area (Å²) in [7, 11) is 0. The van der Waals surface area contributed by atoms with Gasteiger partial charge in [-0.05, 0) is 38.3 Å². The molecule has 3 amide bonds. The van der Waals surface area contributed by atoms with Gasteiger partial charge >= 0.3 is 6.03 Å². The number of hydrogen-bond acceptors (Lipinski definition) is 4. The number of benzene rings is 1. The average molecular weight is 325 g/mol. The van der Waals surface area contributed by atoms with Crippen LogP contribution < -0.4 is 0 Å². The smallest absolute Gasteiger partial charge is 0.327 e. The zero-order valence-corrected chi connectivity index (χ0v) is 13.6. The topological polar surface area (TPSA) is 66.7 Å². The van der Waals surface area contributed by atoms with Gasteiger partial charge in [-0.25, -0.2) is 9.78 Å². The Labute approximate surface area is 140 Å². The third-order valence-corrected chi connectivity index (χ3v) is 4.75. The maximum atomic E-state index is 12.5. The van der Waals surface area contributed by atoms with Gasteiger partial charge in [-0.2, -0.15) is 0 Å². The summed E-state index contributed by atoms with van der Waals surface area (Å²) in [5, 5.41) is 0. The second-order valence-electron chi connectivity index (χ2n) is 6.30. The van der Waals surface area contributed by atoms with Crippen LogP contribution >= 0.6 is 0 Å². The largest absolute Gasteiger partial charge is 0.441 e. The molecule has 24 heavy (non-hydrogen) atoms. The number of amides is 3. The lowest BCUT2D eigenvalue weighted by atomic mass is 10.0. The molecule has 2 aliphatic rings. The Morgan fingerprint density at radius 1 is 1.21 bits per heavy atom. The average Bonchev–Trinajstić information content (AvgIpc) is 3.10. The van der Waals surface area contributed by atoms with Crippen LogP contribution in [0.1, 0.15) is 30.7 Å². The number of carbonyl (C=O) groups excluding carboxylic acids is 2. The second-order valence-corrected chi connectivity index (χ2v) is 6.30. The van der Waals surface area contributed by atoms with Gasteiger partial charge in [-0.3, -0.25) is 9.69 Å². The first-order chi connectivity index (χ1) is 11.6. The minimum atomic E-state index is -0.285. The molecule has 0 radical (unpaired) electrons. The first kappa shape index (κ1) is 14.9. The second kappa shape index (κ2) is 5.78. The van der Waals surface area contributed by atoms with E-state index in [0.29, 0.717) is 23.9 Å². The van der Waals surface area contributed by atoms with Gasteiger partial charge in [0.05, 0.1) is 6.54 Å². The van der Waals surface area contributed by atoms with Crippen molar-refractivity contribution in [1.29, 1.82) is 0 Å². The number of fused-ring (bicyclic) bond motifs is 1. The van der Waals surface area contributed by atoms with E-state index >= 15 is 0 Å². The third-order valence-electron chi connectivity index (χ3n) is 4.75. The number of rotatable bonds is 3. The Kier molecular flexibility index (Phi) is 3.59. The fraction of sp³-hybridized carbons (Fsp3) is 0.389. The highest BCUT2D eigenvalue weighted by Crippen LogP contribution is 2.29. The predicted molar refractivity (Wildman–Crippen MR) is 87.0 cm³/mol. The Morgan fingerprint density at radius 3 is 2.75 bits per heavy atom. The number of oxazole rings is 1. The van der Waals surface area contributed by atoms with E-state index in [4.69, 9.17) is 4.42 Å². The van der Waals surface area contributed by atoms with E-state index in [1.54, 1.807) is 4.90 Å². The number of imide groups is 1. The van der Waals surface area contributed by atoms with Gasteiger partial charge in [0.1, 0.15) is 17.5 Å². The number of carbonyl (C=O) groups is 2. The normalized spacial score (nSPS) is 20.6. The van der Waals surface area contributed by atoms with Crippen molar-refractivity contribution in [2.45, 2.75) is 38.8 Å². The molecular weight excluding hydrogens is 306 g/mol. The standard InChI is InChI=1S/C18H19N3O3/c1-12-14(19-16(24-12)13-7-3-2-4-8-13)11-21-17(22)15-9-5-6-10-20(15)18(21)23/h2-4,7-8,15H,5-6,9-11H2,1H3. The molecule has 2 aliphatic heterocycles. The van der Waals surface area contributed by atoms with E-state index in [0.717, 1.165) is 24.8 Å². The molecular formula is C18H19N3O3. The van der Waals surface area contributed by atoms with Crippen molar-refractivity contribution in [3.05, 3.63) is 41.8 Å². The van der Waals surface area contributed by atoms with E-state index < -0.39 is 0 Å². The van der Waals surface area contributed by atoms with E-state index in [-0.39, 0.29) is 24.5 Å². The number of aryl methyl sites for hydroxylation is 1. The zero-order chi connectivity index (χ0) is 16.7. The van der Waals surface area contributed by atoms with E-state index in [1.807, 2.05) is 37.3 Å². The lowest BCUT2D eigenvalue weighted by molar-refractivity contribution is -0.129. The fourth-order valence-electron chi connectivity index (χ4n) is 3.42. The lowest BCUT2D eigenvalue weighted by Crippen LogP contribution is -2.38. The predicted octanol–water partition coefficient (Wildman–Crippen LogP) is 2.97. The summed E-state index contributed by atoms with van der Waals surface area (Å²) >= 11 is 0. The summed E-state index contributed by atoms with van der Waals surface area (Å²) in [4.78, 5) is 32.6. The van der Waals surface area contributed by atoms with Crippen molar-refractivity contribution in [2.24, 2.45) is 0 Å². The Bertz CT molecular complexity index is 760. The minimum Gasteiger partial charge on any atom is -0.441 e. The summed E-state index contributed by atoms with van der Waals surface area (Å²) in [6, 6.07) is 9.11. The lowest BCUT2D eigenvalue weighted by Gasteiger charge is -2.26. The molecule has 6 heteroatoms. The highest BCUT2D eigenvalue weighted by molar-refractivity contribution is 6.04. The van der Waals surface area contributed by atoms with Gasteiger partial charge < -0.3 is 9.32 Å². The van der Waals surface area contributed by atoms with Crippen molar-refractivity contribution in [2.75, 3.05) is 6.54 Å². The van der Waals surface area contributed by atoms with Gasteiger partial charge in [0.25, 0.3) is 5.91 Å². The first-order valence-electron chi connectivity index (χ1n) is 8.29. The van der Waals surface area contributed by atoms with Crippen LogP contribution in [0.15, 0.2) is 34.7 Å². The van der Waals surface area contributed by atoms with E-state index in [1.165, 1.54) is 4.90 Å². The molecule has 1 aromatic heterocycles. The van der Waals surface area contributed by atoms with Crippen molar-refractivity contribution >= 4 is 11.9 Å². The Balaban J connectivity index is 1.58. The van der Waals surface area contributed by atoms with Crippen molar-refractivity contribution in [1.82, 2.24) is 14.8 Å². The van der Waals surface area contributed by atoms with Gasteiger partial charge in [-0.15, -0.1) is 0 Å². The van der Waals surface area contributed by atoms with Crippen LogP contribution in [0.2, 0.25) is 0 Å². The minimum absolute atomic E-state index is 0.108. The molecule has 1 unspecified atom stereocenters. The number of hydrogen-bond donors (Lipinski definition) is 0. The molecule has 0 bridgehead atoms. The third kappa shape index (κ3) is 2.38. The molecule has 0 aliphatic carbocycles. The van der Waals surface area contributed by atoms with Crippen LogP contribution in [0, 0.1) is 6.92 Å². The van der Waals surface area contributed by atoms with E-state index in [2.05, 4.69) is 4.98 Å². The maximum absolute atomic E-state index is 12.5. The summed E-state index contributed by atoms with van der Waals surface area (Å²) in [6.07, 6.45) is 2.72. The highest BCUT2D eigenvalue weighted by atomic mass is 16.4. The van der Waals surface area contributed by atoms with Crippen LogP contribution in [-0.2, 0) is 11.3 Å². The summed E-state index contributed by atoms with van der Waals surface area (Å²) in [5.74, 6) is 1.04. The summed E-state index contributed by atoms with van der Waals surface area (Å²) in [5.41, 5.74) is 1.51. The number of nitrogens with zero attached hydrogens (tertiary/aromatic N) is 3. The highest BCUT2D eigenvalue weighted by Gasteiger charge is 2.46. The first-order valence-corrected chi connectivity index (χ1v) is 8.29. The van der Waals surface area contributed by atoms with Crippen molar-refractivity contribution in [3.8, 4) is 11.5 Å². The summed E-state index contributed by atoms with van der Waals surface area (Å²) in [6.45, 7) is 2.65. The molecule has 1 aromatic carbocycles. The van der Waals surface area contributed by atoms with Crippen molar-refractivity contribution < 1.29 is 14.0 Å². The van der Waals surface area contributed by atoms with Crippen LogP contribution in [0.4, 0.5) is 4.79 Å². The molecule has 3 heterocycles.